The molecule has 3 nitrogen and oxygen atoms in total. The number of carbonyl (C=O) groups is 1. The molecule has 1 heterocycles. The predicted octanol–water partition coefficient (Wildman–Crippen LogP) is 4.45. The largest absolute Gasteiger partial charge is 0.456 e. The molecule has 20 heavy (non-hydrogen) atoms. The van der Waals surface area contributed by atoms with E-state index in [0.717, 1.165) is 0 Å². The van der Waals surface area contributed by atoms with Crippen LogP contribution in [0.3, 0.4) is 0 Å². The van der Waals surface area contributed by atoms with Gasteiger partial charge in [0, 0.05) is 10.6 Å². The lowest BCUT2D eigenvalue weighted by Gasteiger charge is -2.07. The molecule has 0 spiro atoms. The van der Waals surface area contributed by atoms with Crippen LogP contribution in [0.15, 0.2) is 45.7 Å². The number of halogens is 3. The van der Waals surface area contributed by atoms with Crippen molar-refractivity contribution in [2.45, 2.75) is 17.3 Å². The summed E-state index contributed by atoms with van der Waals surface area (Å²) in [7, 11) is 0. The van der Waals surface area contributed by atoms with Gasteiger partial charge in [-0.2, -0.15) is 13.2 Å². The van der Waals surface area contributed by atoms with Crippen LogP contribution in [0.25, 0.3) is 0 Å². The third-order valence-electron chi connectivity index (χ3n) is 2.31. The fourth-order valence-electron chi connectivity index (χ4n) is 1.49. The van der Waals surface area contributed by atoms with Gasteiger partial charge in [-0.1, -0.05) is 0 Å². The molecular formula is C13H10F3NO2S. The molecule has 0 aliphatic rings. The van der Waals surface area contributed by atoms with Gasteiger partial charge >= 0.3 is 5.51 Å². The summed E-state index contributed by atoms with van der Waals surface area (Å²) >= 11 is -0.203. The van der Waals surface area contributed by atoms with Crippen LogP contribution in [0.5, 0.6) is 0 Å². The van der Waals surface area contributed by atoms with Crippen LogP contribution in [-0.4, -0.2) is 11.4 Å². The minimum atomic E-state index is -4.32. The number of alkyl halides is 3. The van der Waals surface area contributed by atoms with E-state index in [0.29, 0.717) is 11.4 Å². The fraction of sp³-hybridized carbons (Fsp3) is 0.154. The van der Waals surface area contributed by atoms with E-state index in [9.17, 15) is 18.0 Å². The normalized spacial score (nSPS) is 11.4. The quantitative estimate of drug-likeness (QED) is 0.851. The minimum absolute atomic E-state index is 0.0596. The summed E-state index contributed by atoms with van der Waals surface area (Å²) in [6, 6.07) is 8.57. The van der Waals surface area contributed by atoms with E-state index in [2.05, 4.69) is 5.32 Å². The Bertz CT molecular complexity index is 605. The van der Waals surface area contributed by atoms with Crippen LogP contribution in [-0.2, 0) is 0 Å². The fourth-order valence-corrected chi connectivity index (χ4v) is 2.03. The van der Waals surface area contributed by atoms with E-state index in [1.807, 2.05) is 0 Å². The number of hydrogen-bond donors (Lipinski definition) is 1. The number of anilines is 1. The Morgan fingerprint density at radius 1 is 1.15 bits per heavy atom. The Morgan fingerprint density at radius 2 is 1.80 bits per heavy atom. The first kappa shape index (κ1) is 14.5. The Balaban J connectivity index is 2.02. The van der Waals surface area contributed by atoms with Gasteiger partial charge in [-0.3, -0.25) is 4.79 Å². The van der Waals surface area contributed by atoms with E-state index in [1.54, 1.807) is 13.0 Å². The Morgan fingerprint density at radius 3 is 2.30 bits per heavy atom. The van der Waals surface area contributed by atoms with Gasteiger partial charge in [-0.25, -0.2) is 0 Å². The first-order chi connectivity index (χ1) is 9.33. The summed E-state index contributed by atoms with van der Waals surface area (Å²) in [6.07, 6.45) is 0. The van der Waals surface area contributed by atoms with Crippen LogP contribution in [0, 0.1) is 6.92 Å². The molecule has 0 unspecified atom stereocenters. The number of nitrogens with one attached hydrogen (secondary N) is 1. The summed E-state index contributed by atoms with van der Waals surface area (Å²) in [6.45, 7) is 1.71. The molecule has 1 aromatic heterocycles. The monoisotopic (exact) mass is 301 g/mol. The van der Waals surface area contributed by atoms with Gasteiger partial charge < -0.3 is 9.73 Å². The highest BCUT2D eigenvalue weighted by atomic mass is 32.2. The van der Waals surface area contributed by atoms with Gasteiger partial charge in [0.1, 0.15) is 5.76 Å². The lowest BCUT2D eigenvalue weighted by Crippen LogP contribution is -2.10. The van der Waals surface area contributed by atoms with Crippen LogP contribution >= 0.6 is 11.8 Å². The van der Waals surface area contributed by atoms with Crippen molar-refractivity contribution in [3.05, 3.63) is 47.9 Å². The Hall–Kier alpha value is -1.89. The maximum atomic E-state index is 12.2. The van der Waals surface area contributed by atoms with Crippen LogP contribution < -0.4 is 5.32 Å². The molecule has 1 amide bonds. The van der Waals surface area contributed by atoms with Crippen molar-refractivity contribution in [2.24, 2.45) is 0 Å². The molecule has 2 aromatic rings. The molecule has 106 valence electrons. The maximum Gasteiger partial charge on any atom is 0.446 e. The average molecular weight is 301 g/mol. The minimum Gasteiger partial charge on any atom is -0.456 e. The van der Waals surface area contributed by atoms with E-state index < -0.39 is 11.4 Å². The number of thioether (sulfide) groups is 1. The molecule has 0 radical (unpaired) electrons. The topological polar surface area (TPSA) is 42.2 Å². The van der Waals surface area contributed by atoms with Crippen LogP contribution in [0.1, 0.15) is 16.3 Å². The highest BCUT2D eigenvalue weighted by molar-refractivity contribution is 8.00. The lowest BCUT2D eigenvalue weighted by atomic mass is 10.3. The number of hydrogen-bond acceptors (Lipinski definition) is 3. The highest BCUT2D eigenvalue weighted by Gasteiger charge is 2.29. The van der Waals surface area contributed by atoms with Gasteiger partial charge in [-0.15, -0.1) is 0 Å². The van der Waals surface area contributed by atoms with Crippen LogP contribution in [0.2, 0.25) is 0 Å². The van der Waals surface area contributed by atoms with Crippen molar-refractivity contribution < 1.29 is 22.4 Å². The molecule has 2 rings (SSSR count). The summed E-state index contributed by atoms with van der Waals surface area (Å²) in [5.41, 5.74) is -3.92. The third kappa shape index (κ3) is 4.06. The van der Waals surface area contributed by atoms with Gasteiger partial charge in [0.05, 0.1) is 0 Å². The maximum absolute atomic E-state index is 12.2. The molecule has 0 saturated carbocycles. The zero-order chi connectivity index (χ0) is 14.8. The van der Waals surface area contributed by atoms with Crippen molar-refractivity contribution in [1.82, 2.24) is 0 Å². The van der Waals surface area contributed by atoms with Gasteiger partial charge in [0.25, 0.3) is 5.91 Å². The van der Waals surface area contributed by atoms with Crippen molar-refractivity contribution in [3.8, 4) is 0 Å². The average Bonchev–Trinajstić information content (AvgIpc) is 2.77. The second kappa shape index (κ2) is 5.62. The van der Waals surface area contributed by atoms with Crippen molar-refractivity contribution in [2.75, 3.05) is 5.32 Å². The molecule has 0 aliphatic heterocycles. The van der Waals surface area contributed by atoms with E-state index in [1.165, 1.54) is 30.3 Å². The van der Waals surface area contributed by atoms with Gasteiger partial charge in [-0.05, 0) is 55.1 Å². The van der Waals surface area contributed by atoms with E-state index in [-0.39, 0.29) is 22.4 Å². The number of benzene rings is 1. The lowest BCUT2D eigenvalue weighted by molar-refractivity contribution is -0.0328. The molecule has 0 fully saturated rings. The second-order valence-corrected chi connectivity index (χ2v) is 5.08. The van der Waals surface area contributed by atoms with E-state index in [4.69, 9.17) is 4.42 Å². The molecule has 7 heteroatoms. The molecule has 0 bridgehead atoms. The number of amides is 1. The van der Waals surface area contributed by atoms with Crippen molar-refractivity contribution in [3.63, 3.8) is 0 Å². The van der Waals surface area contributed by atoms with Crippen molar-refractivity contribution in [1.29, 1.82) is 0 Å². The zero-order valence-electron chi connectivity index (χ0n) is 10.3. The second-order valence-electron chi connectivity index (χ2n) is 3.94. The third-order valence-corrected chi connectivity index (χ3v) is 3.05. The number of aryl methyl sites for hydroxylation is 1. The first-order valence-electron chi connectivity index (χ1n) is 5.57. The van der Waals surface area contributed by atoms with Gasteiger partial charge in [0.15, 0.2) is 5.76 Å². The highest BCUT2D eigenvalue weighted by Crippen LogP contribution is 2.37. The van der Waals surface area contributed by atoms with Gasteiger partial charge in [0.2, 0.25) is 0 Å². The molecular weight excluding hydrogens is 291 g/mol. The summed E-state index contributed by atoms with van der Waals surface area (Å²) in [5.74, 6) is 0.303. The summed E-state index contributed by atoms with van der Waals surface area (Å²) in [4.78, 5) is 11.8. The molecule has 0 atom stereocenters. The Labute approximate surface area is 117 Å². The molecule has 0 aliphatic carbocycles. The van der Waals surface area contributed by atoms with Crippen LogP contribution in [0.4, 0.5) is 18.9 Å². The smallest absolute Gasteiger partial charge is 0.446 e. The number of carbonyl (C=O) groups excluding carboxylic acids is 1. The SMILES string of the molecule is Cc1ccc(C(=O)Nc2ccc(SC(F)(F)F)cc2)o1. The van der Waals surface area contributed by atoms with E-state index >= 15 is 0 Å². The van der Waals surface area contributed by atoms with Crippen molar-refractivity contribution >= 4 is 23.4 Å². The zero-order valence-corrected chi connectivity index (χ0v) is 11.1. The number of rotatable bonds is 3. The molecule has 1 N–H and O–H groups in total. The molecule has 1 aromatic carbocycles. The standard InChI is InChI=1S/C13H10F3NO2S/c1-8-2-7-11(19-8)12(18)17-9-3-5-10(6-4-9)20-13(14,15)16/h2-7H,1H3,(H,17,18). The molecule has 0 saturated heterocycles. The Kier molecular flexibility index (Phi) is 4.08. The predicted molar refractivity (Wildman–Crippen MR) is 69.8 cm³/mol. The summed E-state index contributed by atoms with van der Waals surface area (Å²) < 4.78 is 41.6. The first-order valence-corrected chi connectivity index (χ1v) is 6.39. The summed E-state index contributed by atoms with van der Waals surface area (Å²) in [5, 5.41) is 2.54. The number of furan rings is 1.